The molecule has 22 heavy (non-hydrogen) atoms. The molecular weight excluding hydrogens is 300 g/mol. The topological polar surface area (TPSA) is 58.6 Å². The van der Waals surface area contributed by atoms with Gasteiger partial charge < -0.3 is 10.1 Å². The fraction of sp³-hybridized carbons (Fsp3) is 0.500. The number of carbonyl (C=O) groups excluding carboxylic acids is 2. The van der Waals surface area contributed by atoms with Crippen molar-refractivity contribution in [1.29, 1.82) is 0 Å². The van der Waals surface area contributed by atoms with Gasteiger partial charge in [-0.2, -0.15) is 11.8 Å². The number of nitrogens with zero attached hydrogens (tertiary/aromatic N) is 1. The number of rotatable bonds is 5. The van der Waals surface area contributed by atoms with Crippen LogP contribution < -0.4 is 5.32 Å². The van der Waals surface area contributed by atoms with Crippen molar-refractivity contribution in [2.24, 2.45) is 0 Å². The maximum atomic E-state index is 12.7. The number of amides is 1. The number of methoxy groups -OCH3 is 1. The third-order valence-electron chi connectivity index (χ3n) is 3.69. The van der Waals surface area contributed by atoms with Crippen molar-refractivity contribution in [3.8, 4) is 0 Å². The lowest BCUT2D eigenvalue weighted by molar-refractivity contribution is -0.145. The van der Waals surface area contributed by atoms with Crippen LogP contribution in [0.5, 0.6) is 0 Å². The molecule has 0 saturated carbocycles. The number of benzene rings is 1. The van der Waals surface area contributed by atoms with E-state index in [9.17, 15) is 9.59 Å². The molecule has 1 aliphatic rings. The monoisotopic (exact) mass is 322 g/mol. The number of hydrogen-bond donors (Lipinski definition) is 1. The molecule has 0 spiro atoms. The van der Waals surface area contributed by atoms with Crippen LogP contribution in [-0.2, 0) is 14.3 Å². The quantitative estimate of drug-likeness (QED) is 0.832. The van der Waals surface area contributed by atoms with Gasteiger partial charge in [0.15, 0.2) is 0 Å². The van der Waals surface area contributed by atoms with Gasteiger partial charge >= 0.3 is 5.97 Å². The molecule has 2 atom stereocenters. The first-order chi connectivity index (χ1) is 10.6. The molecule has 1 fully saturated rings. The Bertz CT molecular complexity index is 503. The van der Waals surface area contributed by atoms with Crippen LogP contribution in [-0.4, -0.2) is 54.5 Å². The zero-order valence-corrected chi connectivity index (χ0v) is 13.8. The van der Waals surface area contributed by atoms with E-state index < -0.39 is 12.0 Å². The van der Waals surface area contributed by atoms with Crippen molar-refractivity contribution >= 4 is 23.6 Å². The molecule has 1 aliphatic heterocycles. The minimum atomic E-state index is -0.650. The number of nitrogens with one attached hydrogen (secondary N) is 1. The average Bonchev–Trinajstić information content (AvgIpc) is 2.56. The predicted octanol–water partition coefficient (Wildman–Crippen LogP) is 1.45. The molecule has 1 N–H and O–H groups in total. The van der Waals surface area contributed by atoms with Crippen LogP contribution in [0.4, 0.5) is 0 Å². The Morgan fingerprint density at radius 3 is 2.45 bits per heavy atom. The largest absolute Gasteiger partial charge is 0.467 e. The molecule has 0 bridgehead atoms. The Morgan fingerprint density at radius 2 is 1.86 bits per heavy atom. The van der Waals surface area contributed by atoms with Gasteiger partial charge in [-0.15, -0.1) is 0 Å². The minimum absolute atomic E-state index is 0.156. The summed E-state index contributed by atoms with van der Waals surface area (Å²) >= 11 is 1.90. The highest BCUT2D eigenvalue weighted by Crippen LogP contribution is 2.24. The fourth-order valence-corrected chi connectivity index (χ4v) is 3.46. The first-order valence-corrected chi connectivity index (χ1v) is 8.54. The molecule has 1 aromatic rings. The second kappa shape index (κ2) is 8.19. The van der Waals surface area contributed by atoms with Crippen molar-refractivity contribution < 1.29 is 14.3 Å². The summed E-state index contributed by atoms with van der Waals surface area (Å²) < 4.78 is 4.67. The van der Waals surface area contributed by atoms with Crippen molar-refractivity contribution in [3.63, 3.8) is 0 Å². The molecule has 0 unspecified atom stereocenters. The van der Waals surface area contributed by atoms with Crippen LogP contribution in [0.1, 0.15) is 18.5 Å². The molecule has 1 aromatic carbocycles. The van der Waals surface area contributed by atoms with Gasteiger partial charge in [-0.1, -0.05) is 30.3 Å². The van der Waals surface area contributed by atoms with Crippen LogP contribution in [0.15, 0.2) is 30.3 Å². The summed E-state index contributed by atoms with van der Waals surface area (Å²) in [6, 6.07) is 8.68. The lowest BCUT2D eigenvalue weighted by Gasteiger charge is -2.34. The Labute approximate surface area is 135 Å². The third kappa shape index (κ3) is 4.24. The van der Waals surface area contributed by atoms with Gasteiger partial charge in [0.05, 0.1) is 7.11 Å². The van der Waals surface area contributed by atoms with Gasteiger partial charge in [0.2, 0.25) is 5.91 Å². The number of esters is 1. The minimum Gasteiger partial charge on any atom is -0.467 e. The lowest BCUT2D eigenvalue weighted by atomic mass is 10.0. The zero-order valence-electron chi connectivity index (χ0n) is 13.0. The van der Waals surface area contributed by atoms with Crippen LogP contribution in [0.3, 0.4) is 0 Å². The summed E-state index contributed by atoms with van der Waals surface area (Å²) in [5.41, 5.74) is 0.948. The van der Waals surface area contributed by atoms with Crippen LogP contribution in [0, 0.1) is 0 Å². The summed E-state index contributed by atoms with van der Waals surface area (Å²) in [7, 11) is 1.32. The molecule has 2 rings (SSSR count). The first kappa shape index (κ1) is 16.8. The molecule has 0 aromatic heterocycles. The second-order valence-corrected chi connectivity index (χ2v) is 6.44. The lowest BCUT2D eigenvalue weighted by Crippen LogP contribution is -2.48. The van der Waals surface area contributed by atoms with E-state index in [-0.39, 0.29) is 11.9 Å². The van der Waals surface area contributed by atoms with Crippen molar-refractivity contribution in [2.45, 2.75) is 19.0 Å². The Morgan fingerprint density at radius 1 is 1.23 bits per heavy atom. The molecule has 0 radical (unpaired) electrons. The Hall–Kier alpha value is -1.53. The molecular formula is C16H22N2O3S. The van der Waals surface area contributed by atoms with Crippen molar-refractivity contribution in [1.82, 2.24) is 10.2 Å². The highest BCUT2D eigenvalue weighted by atomic mass is 32.2. The van der Waals surface area contributed by atoms with E-state index >= 15 is 0 Å². The standard InChI is InChI=1S/C16H22N2O3S/c1-12(16(20)21-2)17-15(19)14(13-6-4-3-5-7-13)18-8-10-22-11-9-18/h3-7,12,14H,8-11H2,1-2H3,(H,17,19)/t12-,14-/m0/s1. The van der Waals surface area contributed by atoms with Gasteiger partial charge in [0.25, 0.3) is 0 Å². The third-order valence-corrected chi connectivity index (χ3v) is 4.63. The van der Waals surface area contributed by atoms with E-state index in [0.29, 0.717) is 0 Å². The van der Waals surface area contributed by atoms with Gasteiger partial charge in [-0.05, 0) is 12.5 Å². The molecule has 1 amide bonds. The number of thioether (sulfide) groups is 1. The Balaban J connectivity index is 2.16. The summed E-state index contributed by atoms with van der Waals surface area (Å²) in [6.45, 7) is 3.37. The van der Waals surface area contributed by atoms with E-state index in [1.165, 1.54) is 7.11 Å². The smallest absolute Gasteiger partial charge is 0.328 e. The van der Waals surface area contributed by atoms with E-state index in [2.05, 4.69) is 15.0 Å². The maximum absolute atomic E-state index is 12.7. The molecule has 5 nitrogen and oxygen atoms in total. The molecule has 120 valence electrons. The van der Waals surface area contributed by atoms with Crippen LogP contribution in [0.2, 0.25) is 0 Å². The van der Waals surface area contributed by atoms with Gasteiger partial charge in [0.1, 0.15) is 12.1 Å². The average molecular weight is 322 g/mol. The van der Waals surface area contributed by atoms with E-state index in [4.69, 9.17) is 0 Å². The van der Waals surface area contributed by atoms with Gasteiger partial charge in [0, 0.05) is 24.6 Å². The molecule has 1 heterocycles. The Kier molecular flexibility index (Phi) is 6.27. The maximum Gasteiger partial charge on any atom is 0.328 e. The van der Waals surface area contributed by atoms with E-state index in [1.807, 2.05) is 42.1 Å². The van der Waals surface area contributed by atoms with E-state index in [1.54, 1.807) is 6.92 Å². The van der Waals surface area contributed by atoms with Crippen LogP contribution in [0.25, 0.3) is 0 Å². The van der Waals surface area contributed by atoms with Gasteiger partial charge in [-0.3, -0.25) is 9.69 Å². The number of ether oxygens (including phenoxy) is 1. The highest BCUT2D eigenvalue weighted by molar-refractivity contribution is 7.99. The molecule has 0 aliphatic carbocycles. The highest BCUT2D eigenvalue weighted by Gasteiger charge is 2.30. The van der Waals surface area contributed by atoms with Gasteiger partial charge in [-0.25, -0.2) is 4.79 Å². The summed E-state index contributed by atoms with van der Waals surface area (Å²) in [6.07, 6.45) is 0. The predicted molar refractivity (Wildman–Crippen MR) is 87.7 cm³/mol. The van der Waals surface area contributed by atoms with Crippen molar-refractivity contribution in [2.75, 3.05) is 31.7 Å². The van der Waals surface area contributed by atoms with E-state index in [0.717, 1.165) is 30.2 Å². The SMILES string of the molecule is COC(=O)[C@H](C)NC(=O)[C@H](c1ccccc1)N1CCSCC1. The second-order valence-electron chi connectivity index (χ2n) is 5.21. The summed E-state index contributed by atoms with van der Waals surface area (Å²) in [5, 5.41) is 2.76. The normalized spacial score (nSPS) is 18.3. The number of carbonyl (C=O) groups is 2. The van der Waals surface area contributed by atoms with Crippen molar-refractivity contribution in [3.05, 3.63) is 35.9 Å². The zero-order chi connectivity index (χ0) is 15.9. The van der Waals surface area contributed by atoms with Crippen LogP contribution >= 0.6 is 11.8 Å². The number of hydrogen-bond acceptors (Lipinski definition) is 5. The fourth-order valence-electron chi connectivity index (χ4n) is 2.53. The molecule has 1 saturated heterocycles. The summed E-state index contributed by atoms with van der Waals surface area (Å²) in [4.78, 5) is 26.4. The first-order valence-electron chi connectivity index (χ1n) is 7.38. The summed E-state index contributed by atoms with van der Waals surface area (Å²) in [5.74, 6) is 1.44. The molecule has 6 heteroatoms.